The first-order valence-electron chi connectivity index (χ1n) is 9.50. The minimum absolute atomic E-state index is 0.0428. The van der Waals surface area contributed by atoms with Crippen LogP contribution in [0.25, 0.3) is 0 Å². The molecule has 4 heteroatoms. The number of carbonyl (C=O) groups excluding carboxylic acids is 1. The molecule has 0 aliphatic carbocycles. The summed E-state index contributed by atoms with van der Waals surface area (Å²) >= 11 is 1.71. The second-order valence-corrected chi connectivity index (χ2v) is 8.06. The van der Waals surface area contributed by atoms with E-state index in [0.717, 1.165) is 16.0 Å². The lowest BCUT2D eigenvalue weighted by molar-refractivity contribution is -0.128. The fourth-order valence-corrected chi connectivity index (χ4v) is 4.63. The summed E-state index contributed by atoms with van der Waals surface area (Å²) in [6.07, 6.45) is 0.283. The Bertz CT molecular complexity index is 886. The van der Waals surface area contributed by atoms with Gasteiger partial charge in [-0.2, -0.15) is 0 Å². The zero-order valence-electron chi connectivity index (χ0n) is 15.6. The van der Waals surface area contributed by atoms with Gasteiger partial charge in [0.05, 0.1) is 19.1 Å². The first-order valence-corrected chi connectivity index (χ1v) is 10.4. The van der Waals surface area contributed by atoms with Crippen molar-refractivity contribution in [1.82, 2.24) is 4.90 Å². The summed E-state index contributed by atoms with van der Waals surface area (Å²) in [6.45, 7) is 1.12. The van der Waals surface area contributed by atoms with Crippen LogP contribution in [-0.4, -0.2) is 22.3 Å². The van der Waals surface area contributed by atoms with Crippen LogP contribution in [0.15, 0.2) is 95.9 Å². The average Bonchev–Trinajstić information content (AvgIpc) is 3.03. The number of nitrogens with zero attached hydrogens (tertiary/aromatic N) is 1. The van der Waals surface area contributed by atoms with Gasteiger partial charge >= 0.3 is 0 Å². The van der Waals surface area contributed by atoms with Gasteiger partial charge in [0.2, 0.25) is 5.91 Å². The number of amides is 1. The van der Waals surface area contributed by atoms with Gasteiger partial charge in [-0.15, -0.1) is 0 Å². The van der Waals surface area contributed by atoms with Crippen LogP contribution in [0.3, 0.4) is 0 Å². The third-order valence-electron chi connectivity index (χ3n) is 4.82. The van der Waals surface area contributed by atoms with Crippen LogP contribution in [0, 0.1) is 0 Å². The lowest BCUT2D eigenvalue weighted by atomic mass is 10.2. The Labute approximate surface area is 170 Å². The molecule has 3 aromatic rings. The van der Waals surface area contributed by atoms with Crippen LogP contribution in [0.1, 0.15) is 17.5 Å². The molecule has 2 unspecified atom stereocenters. The lowest BCUT2D eigenvalue weighted by Gasteiger charge is -2.28. The van der Waals surface area contributed by atoms with E-state index in [1.807, 2.05) is 59.5 Å². The van der Waals surface area contributed by atoms with Crippen LogP contribution < -0.4 is 0 Å². The second kappa shape index (κ2) is 9.09. The highest BCUT2D eigenvalue weighted by Gasteiger charge is 2.41. The molecular weight excluding hydrogens is 366 g/mol. The largest absolute Gasteiger partial charge is 0.370 e. The van der Waals surface area contributed by atoms with Crippen molar-refractivity contribution in [3.8, 4) is 0 Å². The molecule has 0 spiro atoms. The quantitative estimate of drug-likeness (QED) is 0.561. The number of hydrogen-bond acceptors (Lipinski definition) is 3. The van der Waals surface area contributed by atoms with Crippen LogP contribution in [0.5, 0.6) is 0 Å². The second-order valence-electron chi connectivity index (χ2n) is 6.87. The van der Waals surface area contributed by atoms with E-state index in [-0.39, 0.29) is 17.4 Å². The molecule has 0 bridgehead atoms. The zero-order chi connectivity index (χ0) is 19.2. The number of ether oxygens (including phenoxy) is 1. The van der Waals surface area contributed by atoms with Gasteiger partial charge in [-0.3, -0.25) is 4.79 Å². The molecule has 4 rings (SSSR count). The molecule has 0 N–H and O–H groups in total. The Hall–Kier alpha value is -2.56. The molecule has 1 aliphatic heterocycles. The van der Waals surface area contributed by atoms with E-state index in [9.17, 15) is 4.79 Å². The fraction of sp³-hybridized carbons (Fsp3) is 0.208. The first-order chi connectivity index (χ1) is 13.8. The maximum atomic E-state index is 12.8. The predicted molar refractivity (Wildman–Crippen MR) is 113 cm³/mol. The highest BCUT2D eigenvalue weighted by atomic mass is 32.2. The van der Waals surface area contributed by atoms with E-state index in [1.165, 1.54) is 0 Å². The van der Waals surface area contributed by atoms with E-state index < -0.39 is 0 Å². The lowest BCUT2D eigenvalue weighted by Crippen LogP contribution is -2.35. The first kappa shape index (κ1) is 18.8. The molecule has 28 heavy (non-hydrogen) atoms. The van der Waals surface area contributed by atoms with E-state index >= 15 is 0 Å². The molecule has 0 aromatic heterocycles. The molecular formula is C24H23NO2S. The van der Waals surface area contributed by atoms with Gasteiger partial charge in [0.15, 0.2) is 0 Å². The smallest absolute Gasteiger partial charge is 0.226 e. The summed E-state index contributed by atoms with van der Waals surface area (Å²) < 4.78 is 6.23. The van der Waals surface area contributed by atoms with Gasteiger partial charge in [-0.05, 0) is 23.3 Å². The highest BCUT2D eigenvalue weighted by molar-refractivity contribution is 8.00. The van der Waals surface area contributed by atoms with E-state index in [0.29, 0.717) is 19.6 Å². The fourth-order valence-electron chi connectivity index (χ4n) is 3.39. The molecule has 0 saturated carbocycles. The van der Waals surface area contributed by atoms with E-state index in [2.05, 4.69) is 36.4 Å². The summed E-state index contributed by atoms with van der Waals surface area (Å²) in [6, 6.07) is 30.5. The van der Waals surface area contributed by atoms with Gasteiger partial charge in [0.25, 0.3) is 0 Å². The normalized spacial score (nSPS) is 19.1. The van der Waals surface area contributed by atoms with Gasteiger partial charge in [-0.1, -0.05) is 90.6 Å². The van der Waals surface area contributed by atoms with Crippen molar-refractivity contribution >= 4 is 17.7 Å². The van der Waals surface area contributed by atoms with Crippen LogP contribution >= 0.6 is 11.8 Å². The SMILES string of the molecule is O=C1CC(OCc2ccccc2)C(Sc2ccccc2)N1Cc1ccccc1. The molecule has 3 nitrogen and oxygen atoms in total. The molecule has 3 aromatic carbocycles. The minimum atomic E-state index is -0.137. The van der Waals surface area contributed by atoms with Crippen molar-refractivity contribution < 1.29 is 9.53 Å². The molecule has 1 amide bonds. The number of likely N-dealkylation sites (tertiary alicyclic amines) is 1. The topological polar surface area (TPSA) is 29.5 Å². The third-order valence-corrected chi connectivity index (χ3v) is 6.17. The molecule has 1 fully saturated rings. The molecule has 142 valence electrons. The van der Waals surface area contributed by atoms with Crippen molar-refractivity contribution in [3.63, 3.8) is 0 Å². The zero-order valence-corrected chi connectivity index (χ0v) is 16.4. The maximum absolute atomic E-state index is 12.8. The number of hydrogen-bond donors (Lipinski definition) is 0. The van der Waals surface area contributed by atoms with Gasteiger partial charge < -0.3 is 9.64 Å². The minimum Gasteiger partial charge on any atom is -0.370 e. The van der Waals surface area contributed by atoms with Crippen molar-refractivity contribution in [3.05, 3.63) is 102 Å². The summed E-state index contributed by atoms with van der Waals surface area (Å²) in [5.74, 6) is 0.148. The Morgan fingerprint density at radius 2 is 1.39 bits per heavy atom. The predicted octanol–water partition coefficient (Wildman–Crippen LogP) is 5.12. The van der Waals surface area contributed by atoms with E-state index in [4.69, 9.17) is 4.74 Å². The average molecular weight is 390 g/mol. The van der Waals surface area contributed by atoms with Crippen molar-refractivity contribution in [2.75, 3.05) is 0 Å². The molecule has 1 heterocycles. The summed E-state index contributed by atoms with van der Waals surface area (Å²) in [7, 11) is 0. The van der Waals surface area contributed by atoms with Gasteiger partial charge in [-0.25, -0.2) is 0 Å². The monoisotopic (exact) mass is 389 g/mol. The summed E-state index contributed by atoms with van der Waals surface area (Å²) in [5, 5.41) is -0.0428. The highest BCUT2D eigenvalue weighted by Crippen LogP contribution is 2.36. The van der Waals surface area contributed by atoms with Gasteiger partial charge in [0, 0.05) is 11.4 Å². The molecule has 2 atom stereocenters. The Morgan fingerprint density at radius 3 is 2.04 bits per heavy atom. The molecule has 1 saturated heterocycles. The number of rotatable bonds is 7. The van der Waals surface area contributed by atoms with Gasteiger partial charge in [0.1, 0.15) is 5.37 Å². The summed E-state index contributed by atoms with van der Waals surface area (Å²) in [5.41, 5.74) is 2.26. The van der Waals surface area contributed by atoms with Crippen molar-refractivity contribution in [2.45, 2.75) is 35.9 Å². The van der Waals surface area contributed by atoms with Crippen LogP contribution in [0.4, 0.5) is 0 Å². The maximum Gasteiger partial charge on any atom is 0.226 e. The van der Waals surface area contributed by atoms with E-state index in [1.54, 1.807) is 11.8 Å². The Morgan fingerprint density at radius 1 is 0.821 bits per heavy atom. The number of benzene rings is 3. The molecule has 1 aliphatic rings. The van der Waals surface area contributed by atoms with Crippen molar-refractivity contribution in [1.29, 1.82) is 0 Å². The Balaban J connectivity index is 1.53. The van der Waals surface area contributed by atoms with Crippen molar-refractivity contribution in [2.24, 2.45) is 0 Å². The Kier molecular flexibility index (Phi) is 6.10. The van der Waals surface area contributed by atoms with Crippen LogP contribution in [-0.2, 0) is 22.7 Å². The number of carbonyl (C=O) groups is 1. The molecule has 0 radical (unpaired) electrons. The van der Waals surface area contributed by atoms with Crippen LogP contribution in [0.2, 0.25) is 0 Å². The standard InChI is InChI=1S/C24H23NO2S/c26-23-16-22(27-18-20-12-6-2-7-13-20)24(28-21-14-8-3-9-15-21)25(23)17-19-10-4-1-5-11-19/h1-15,22,24H,16-18H2. The third kappa shape index (κ3) is 4.64. The number of thioether (sulfide) groups is 1. The summed E-state index contributed by atoms with van der Waals surface area (Å²) in [4.78, 5) is 15.9.